The van der Waals surface area contributed by atoms with Gasteiger partial charge in [0.1, 0.15) is 0 Å². The normalized spacial score (nSPS) is 16.4. The predicted molar refractivity (Wildman–Crippen MR) is 55.6 cm³/mol. The Bertz CT molecular complexity index is 546. The van der Waals surface area contributed by atoms with Crippen LogP contribution in [0, 0.1) is 6.92 Å². The molecule has 1 fully saturated rings. The van der Waals surface area contributed by atoms with Crippen molar-refractivity contribution in [2.45, 2.75) is 25.8 Å². The fraction of sp³-hybridized carbons (Fsp3) is 0.364. The quantitative estimate of drug-likeness (QED) is 0.730. The van der Waals surface area contributed by atoms with E-state index in [2.05, 4.69) is 18.0 Å². The monoisotopic (exact) mass is 188 g/mol. The molecule has 3 nitrogen and oxygen atoms in total. The van der Waals surface area contributed by atoms with E-state index in [0.29, 0.717) is 6.04 Å². The van der Waals surface area contributed by atoms with Crippen molar-refractivity contribution in [1.29, 1.82) is 0 Å². The molecule has 14 heavy (non-hydrogen) atoms. The minimum atomic E-state index is 0.0387. The van der Waals surface area contributed by atoms with Gasteiger partial charge < -0.3 is 4.98 Å². The highest BCUT2D eigenvalue weighted by Gasteiger charge is 2.27. The van der Waals surface area contributed by atoms with Crippen molar-refractivity contribution in [2.75, 3.05) is 0 Å². The third-order valence-electron chi connectivity index (χ3n) is 2.85. The minimum Gasteiger partial charge on any atom is -0.306 e. The number of aromatic amines is 1. The van der Waals surface area contributed by atoms with Gasteiger partial charge in [0.2, 0.25) is 0 Å². The molecular weight excluding hydrogens is 176 g/mol. The summed E-state index contributed by atoms with van der Waals surface area (Å²) >= 11 is 0. The van der Waals surface area contributed by atoms with Gasteiger partial charge in [-0.1, -0.05) is 12.1 Å². The van der Waals surface area contributed by atoms with Gasteiger partial charge >= 0.3 is 5.69 Å². The second-order valence-electron chi connectivity index (χ2n) is 4.00. The molecule has 0 unspecified atom stereocenters. The van der Waals surface area contributed by atoms with Gasteiger partial charge in [0.15, 0.2) is 0 Å². The topological polar surface area (TPSA) is 37.8 Å². The summed E-state index contributed by atoms with van der Waals surface area (Å²) < 4.78 is 1.91. The van der Waals surface area contributed by atoms with E-state index < -0.39 is 0 Å². The molecule has 0 radical (unpaired) electrons. The van der Waals surface area contributed by atoms with Crippen LogP contribution in [0.5, 0.6) is 0 Å². The number of imidazole rings is 1. The van der Waals surface area contributed by atoms with Gasteiger partial charge in [0.05, 0.1) is 11.0 Å². The molecule has 1 N–H and O–H groups in total. The maximum Gasteiger partial charge on any atom is 0.326 e. The van der Waals surface area contributed by atoms with Crippen LogP contribution in [0.25, 0.3) is 11.0 Å². The first kappa shape index (κ1) is 7.85. The van der Waals surface area contributed by atoms with Crippen molar-refractivity contribution in [1.82, 2.24) is 9.55 Å². The molecule has 1 aromatic carbocycles. The summed E-state index contributed by atoms with van der Waals surface area (Å²) in [6.45, 7) is 2.05. The predicted octanol–water partition coefficient (Wildman–Crippen LogP) is 1.97. The molecule has 0 amide bonds. The first-order valence-corrected chi connectivity index (χ1v) is 4.97. The SMILES string of the molecule is Cc1cccc2[nH]c(=O)n(C3CC3)c12. The highest BCUT2D eigenvalue weighted by atomic mass is 16.1. The average molecular weight is 188 g/mol. The number of hydrogen-bond acceptors (Lipinski definition) is 1. The Kier molecular flexibility index (Phi) is 1.40. The maximum atomic E-state index is 11.7. The minimum absolute atomic E-state index is 0.0387. The van der Waals surface area contributed by atoms with Crippen LogP contribution in [0.2, 0.25) is 0 Å². The van der Waals surface area contributed by atoms with E-state index in [0.717, 1.165) is 23.9 Å². The summed E-state index contributed by atoms with van der Waals surface area (Å²) in [5.41, 5.74) is 3.26. The Balaban J connectivity index is 2.45. The van der Waals surface area contributed by atoms with Gasteiger partial charge in [-0.15, -0.1) is 0 Å². The fourth-order valence-electron chi connectivity index (χ4n) is 2.04. The smallest absolute Gasteiger partial charge is 0.306 e. The lowest BCUT2D eigenvalue weighted by atomic mass is 10.2. The Morgan fingerprint density at radius 1 is 1.43 bits per heavy atom. The molecular formula is C11H12N2O. The number of nitrogens with one attached hydrogen (secondary N) is 1. The van der Waals surface area contributed by atoms with Crippen molar-refractivity contribution in [2.24, 2.45) is 0 Å². The number of fused-ring (bicyclic) bond motifs is 1. The lowest BCUT2D eigenvalue weighted by molar-refractivity contribution is 0.732. The standard InChI is InChI=1S/C11H12N2O/c1-7-3-2-4-9-10(7)13(8-5-6-8)11(14)12-9/h2-4,8H,5-6H2,1H3,(H,12,14). The van der Waals surface area contributed by atoms with Crippen molar-refractivity contribution < 1.29 is 0 Å². The van der Waals surface area contributed by atoms with Crippen LogP contribution in [0.15, 0.2) is 23.0 Å². The Hall–Kier alpha value is -1.51. The number of aromatic nitrogens is 2. The van der Waals surface area contributed by atoms with Gasteiger partial charge in [-0.3, -0.25) is 4.57 Å². The molecule has 1 aliphatic carbocycles. The summed E-state index contributed by atoms with van der Waals surface area (Å²) in [4.78, 5) is 14.6. The van der Waals surface area contributed by atoms with Gasteiger partial charge in [0, 0.05) is 6.04 Å². The molecule has 1 saturated carbocycles. The van der Waals surface area contributed by atoms with E-state index in [1.165, 1.54) is 5.56 Å². The summed E-state index contributed by atoms with van der Waals surface area (Å²) in [5, 5.41) is 0. The average Bonchev–Trinajstić information content (AvgIpc) is 2.90. The second-order valence-corrected chi connectivity index (χ2v) is 4.00. The van der Waals surface area contributed by atoms with Gasteiger partial charge in [-0.05, 0) is 31.4 Å². The maximum absolute atomic E-state index is 11.7. The number of benzene rings is 1. The second kappa shape index (κ2) is 2.50. The Morgan fingerprint density at radius 3 is 2.93 bits per heavy atom. The number of nitrogens with zero attached hydrogens (tertiary/aromatic N) is 1. The first-order valence-electron chi connectivity index (χ1n) is 4.97. The summed E-state index contributed by atoms with van der Waals surface area (Å²) in [5.74, 6) is 0. The van der Waals surface area contributed by atoms with Gasteiger partial charge in [-0.25, -0.2) is 4.79 Å². The number of rotatable bonds is 1. The van der Waals surface area contributed by atoms with Crippen molar-refractivity contribution >= 4 is 11.0 Å². The molecule has 1 aliphatic rings. The number of hydrogen-bond donors (Lipinski definition) is 1. The van der Waals surface area contributed by atoms with Crippen LogP contribution in [0.3, 0.4) is 0 Å². The first-order chi connectivity index (χ1) is 6.77. The van der Waals surface area contributed by atoms with Gasteiger partial charge in [-0.2, -0.15) is 0 Å². The van der Waals surface area contributed by atoms with E-state index >= 15 is 0 Å². The molecule has 3 rings (SSSR count). The van der Waals surface area contributed by atoms with E-state index in [-0.39, 0.29) is 5.69 Å². The van der Waals surface area contributed by atoms with Crippen molar-refractivity contribution in [3.8, 4) is 0 Å². The van der Waals surface area contributed by atoms with Crippen LogP contribution in [-0.4, -0.2) is 9.55 Å². The van der Waals surface area contributed by atoms with Crippen LogP contribution in [-0.2, 0) is 0 Å². The van der Waals surface area contributed by atoms with Crippen molar-refractivity contribution in [3.05, 3.63) is 34.2 Å². The van der Waals surface area contributed by atoms with E-state index in [1.54, 1.807) is 0 Å². The molecule has 0 atom stereocenters. The van der Waals surface area contributed by atoms with Crippen molar-refractivity contribution in [3.63, 3.8) is 0 Å². The van der Waals surface area contributed by atoms with Crippen LogP contribution in [0.4, 0.5) is 0 Å². The van der Waals surface area contributed by atoms with Crippen LogP contribution in [0.1, 0.15) is 24.4 Å². The molecule has 2 aromatic rings. The molecule has 0 spiro atoms. The van der Waals surface area contributed by atoms with Crippen LogP contribution >= 0.6 is 0 Å². The van der Waals surface area contributed by atoms with Crippen LogP contribution < -0.4 is 5.69 Å². The van der Waals surface area contributed by atoms with E-state index in [4.69, 9.17) is 0 Å². The summed E-state index contributed by atoms with van der Waals surface area (Å²) in [7, 11) is 0. The summed E-state index contributed by atoms with van der Waals surface area (Å²) in [6, 6.07) is 6.43. The molecule has 0 saturated heterocycles. The zero-order valence-corrected chi connectivity index (χ0v) is 8.08. The highest BCUT2D eigenvalue weighted by Crippen LogP contribution is 2.36. The zero-order chi connectivity index (χ0) is 9.71. The number of aryl methyl sites for hydroxylation is 1. The molecule has 1 aromatic heterocycles. The lowest BCUT2D eigenvalue weighted by Crippen LogP contribution is -2.15. The number of H-pyrrole nitrogens is 1. The Labute approximate surface area is 81.4 Å². The molecule has 0 aliphatic heterocycles. The third kappa shape index (κ3) is 0.953. The third-order valence-corrected chi connectivity index (χ3v) is 2.85. The summed E-state index contributed by atoms with van der Waals surface area (Å²) in [6.07, 6.45) is 2.28. The van der Waals surface area contributed by atoms with E-state index in [1.807, 2.05) is 16.7 Å². The highest BCUT2D eigenvalue weighted by molar-refractivity contribution is 5.79. The van der Waals surface area contributed by atoms with E-state index in [9.17, 15) is 4.79 Å². The van der Waals surface area contributed by atoms with Gasteiger partial charge in [0.25, 0.3) is 0 Å². The largest absolute Gasteiger partial charge is 0.326 e. The fourth-order valence-corrected chi connectivity index (χ4v) is 2.04. The zero-order valence-electron chi connectivity index (χ0n) is 8.08. The molecule has 1 heterocycles. The lowest BCUT2D eigenvalue weighted by Gasteiger charge is -2.01. The molecule has 0 bridgehead atoms. The Morgan fingerprint density at radius 2 is 2.21 bits per heavy atom. The number of para-hydroxylation sites is 1. The molecule has 72 valence electrons. The molecule has 3 heteroatoms.